The first-order valence-electron chi connectivity index (χ1n) is 7.92. The molecule has 19 heavy (non-hydrogen) atoms. The Balaban J connectivity index is 2.60. The maximum absolute atomic E-state index is 12.0. The summed E-state index contributed by atoms with van der Waals surface area (Å²) in [6, 6.07) is -0.0177. The van der Waals surface area contributed by atoms with Crippen molar-refractivity contribution in [3.63, 3.8) is 0 Å². The number of carbonyl (C=O) groups is 1. The van der Waals surface area contributed by atoms with Gasteiger partial charge in [-0.3, -0.25) is 9.69 Å². The standard InChI is InChI=1S/C16H31NO2/c1-5-6-9-15(16(18)19-4)17-11-7-8-14(10-12-17)13(2)3/h13-15H,5-12H2,1-4H3. The number of ether oxygens (including phenoxy) is 1. The number of unbranched alkanes of at least 4 members (excludes halogenated alkanes) is 1. The van der Waals surface area contributed by atoms with Crippen LogP contribution in [-0.2, 0) is 9.53 Å². The lowest BCUT2D eigenvalue weighted by Gasteiger charge is -2.28. The lowest BCUT2D eigenvalue weighted by atomic mass is 9.89. The molecule has 0 radical (unpaired) electrons. The molecule has 0 spiro atoms. The van der Waals surface area contributed by atoms with Crippen LogP contribution in [0.3, 0.4) is 0 Å². The Morgan fingerprint density at radius 1 is 1.32 bits per heavy atom. The van der Waals surface area contributed by atoms with Crippen LogP contribution in [0.5, 0.6) is 0 Å². The quantitative estimate of drug-likeness (QED) is 0.691. The second-order valence-corrected chi connectivity index (χ2v) is 6.15. The summed E-state index contributed by atoms with van der Waals surface area (Å²) in [5.74, 6) is 1.53. The van der Waals surface area contributed by atoms with Crippen molar-refractivity contribution in [2.75, 3.05) is 20.2 Å². The van der Waals surface area contributed by atoms with E-state index >= 15 is 0 Å². The first kappa shape index (κ1) is 16.5. The minimum atomic E-state index is -0.0450. The number of carbonyl (C=O) groups excluding carboxylic acids is 1. The van der Waals surface area contributed by atoms with Gasteiger partial charge in [-0.25, -0.2) is 0 Å². The van der Waals surface area contributed by atoms with Crippen molar-refractivity contribution in [3.05, 3.63) is 0 Å². The summed E-state index contributed by atoms with van der Waals surface area (Å²) in [4.78, 5) is 14.3. The van der Waals surface area contributed by atoms with Gasteiger partial charge in [0.1, 0.15) is 6.04 Å². The predicted molar refractivity (Wildman–Crippen MR) is 79.1 cm³/mol. The molecule has 1 aliphatic heterocycles. The van der Waals surface area contributed by atoms with Crippen molar-refractivity contribution in [2.45, 2.75) is 65.3 Å². The highest BCUT2D eigenvalue weighted by Crippen LogP contribution is 2.26. The summed E-state index contributed by atoms with van der Waals surface area (Å²) in [6.45, 7) is 8.90. The van der Waals surface area contributed by atoms with Crippen LogP contribution in [0.2, 0.25) is 0 Å². The minimum absolute atomic E-state index is 0.0177. The molecule has 3 nitrogen and oxygen atoms in total. The Kier molecular flexibility index (Phi) is 7.44. The second-order valence-electron chi connectivity index (χ2n) is 6.15. The van der Waals surface area contributed by atoms with E-state index in [-0.39, 0.29) is 12.0 Å². The summed E-state index contributed by atoms with van der Waals surface area (Å²) < 4.78 is 5.00. The molecule has 0 saturated carbocycles. The number of esters is 1. The molecular weight excluding hydrogens is 238 g/mol. The number of likely N-dealkylation sites (tertiary alicyclic amines) is 1. The SMILES string of the molecule is CCCCC(C(=O)OC)N1CCCC(C(C)C)CC1. The van der Waals surface area contributed by atoms with Gasteiger partial charge in [-0.1, -0.05) is 33.6 Å². The lowest BCUT2D eigenvalue weighted by molar-refractivity contribution is -0.147. The van der Waals surface area contributed by atoms with Gasteiger partial charge in [0, 0.05) is 0 Å². The highest BCUT2D eigenvalue weighted by Gasteiger charge is 2.29. The van der Waals surface area contributed by atoms with Gasteiger partial charge in [-0.05, 0) is 50.6 Å². The van der Waals surface area contributed by atoms with Crippen LogP contribution in [0, 0.1) is 11.8 Å². The third-order valence-corrected chi connectivity index (χ3v) is 4.50. The van der Waals surface area contributed by atoms with Gasteiger partial charge in [0.05, 0.1) is 7.11 Å². The predicted octanol–water partition coefficient (Wildman–Crippen LogP) is 3.48. The average molecular weight is 269 g/mol. The molecule has 0 N–H and O–H groups in total. The highest BCUT2D eigenvalue weighted by molar-refractivity contribution is 5.75. The average Bonchev–Trinajstić information content (AvgIpc) is 2.65. The third kappa shape index (κ3) is 5.13. The molecule has 1 heterocycles. The van der Waals surface area contributed by atoms with Gasteiger partial charge >= 0.3 is 5.97 Å². The molecule has 2 atom stereocenters. The first-order chi connectivity index (χ1) is 9.10. The Hall–Kier alpha value is -0.570. The van der Waals surface area contributed by atoms with E-state index in [0.717, 1.165) is 44.2 Å². The van der Waals surface area contributed by atoms with Crippen molar-refractivity contribution >= 4 is 5.97 Å². The molecular formula is C16H31NO2. The number of hydrogen-bond donors (Lipinski definition) is 0. The van der Waals surface area contributed by atoms with Crippen LogP contribution in [0.15, 0.2) is 0 Å². The van der Waals surface area contributed by atoms with Gasteiger partial charge in [0.2, 0.25) is 0 Å². The Labute approximate surface area is 118 Å². The van der Waals surface area contributed by atoms with Gasteiger partial charge in [0.15, 0.2) is 0 Å². The molecule has 1 saturated heterocycles. The summed E-state index contributed by atoms with van der Waals surface area (Å²) >= 11 is 0. The number of nitrogens with zero attached hydrogens (tertiary/aromatic N) is 1. The van der Waals surface area contributed by atoms with Crippen LogP contribution in [0.25, 0.3) is 0 Å². The van der Waals surface area contributed by atoms with Crippen LogP contribution in [0.4, 0.5) is 0 Å². The molecule has 1 rings (SSSR count). The maximum atomic E-state index is 12.0. The van der Waals surface area contributed by atoms with Crippen LogP contribution in [0.1, 0.15) is 59.3 Å². The van der Waals surface area contributed by atoms with E-state index in [4.69, 9.17) is 4.74 Å². The Morgan fingerprint density at radius 2 is 2.05 bits per heavy atom. The Morgan fingerprint density at radius 3 is 2.63 bits per heavy atom. The van der Waals surface area contributed by atoms with E-state index in [1.54, 1.807) is 0 Å². The van der Waals surface area contributed by atoms with Crippen molar-refractivity contribution in [1.82, 2.24) is 4.90 Å². The van der Waals surface area contributed by atoms with Gasteiger partial charge in [-0.15, -0.1) is 0 Å². The summed E-state index contributed by atoms with van der Waals surface area (Å²) in [5.41, 5.74) is 0. The molecule has 0 bridgehead atoms. The van der Waals surface area contributed by atoms with E-state index < -0.39 is 0 Å². The molecule has 1 aliphatic rings. The van der Waals surface area contributed by atoms with Crippen molar-refractivity contribution < 1.29 is 9.53 Å². The molecule has 0 aromatic heterocycles. The van der Waals surface area contributed by atoms with Crippen LogP contribution in [-0.4, -0.2) is 37.1 Å². The summed E-state index contributed by atoms with van der Waals surface area (Å²) in [7, 11) is 1.51. The summed E-state index contributed by atoms with van der Waals surface area (Å²) in [6.07, 6.45) is 6.91. The smallest absolute Gasteiger partial charge is 0.323 e. The van der Waals surface area contributed by atoms with Crippen molar-refractivity contribution in [3.8, 4) is 0 Å². The maximum Gasteiger partial charge on any atom is 0.323 e. The van der Waals surface area contributed by atoms with Gasteiger partial charge in [-0.2, -0.15) is 0 Å². The monoisotopic (exact) mass is 269 g/mol. The fourth-order valence-corrected chi connectivity index (χ4v) is 3.11. The molecule has 3 heteroatoms. The van der Waals surface area contributed by atoms with Crippen molar-refractivity contribution in [2.24, 2.45) is 11.8 Å². The topological polar surface area (TPSA) is 29.5 Å². The first-order valence-corrected chi connectivity index (χ1v) is 7.92. The number of rotatable bonds is 6. The molecule has 1 fully saturated rings. The normalized spacial score (nSPS) is 23.1. The number of hydrogen-bond acceptors (Lipinski definition) is 3. The second kappa shape index (κ2) is 8.57. The fourth-order valence-electron chi connectivity index (χ4n) is 3.11. The van der Waals surface area contributed by atoms with Gasteiger partial charge < -0.3 is 4.74 Å². The third-order valence-electron chi connectivity index (χ3n) is 4.50. The summed E-state index contributed by atoms with van der Waals surface area (Å²) in [5, 5.41) is 0. The van der Waals surface area contributed by atoms with E-state index in [1.165, 1.54) is 26.4 Å². The molecule has 0 aromatic carbocycles. The lowest BCUT2D eigenvalue weighted by Crippen LogP contribution is -2.42. The van der Waals surface area contributed by atoms with Gasteiger partial charge in [0.25, 0.3) is 0 Å². The zero-order valence-corrected chi connectivity index (χ0v) is 13.2. The molecule has 0 amide bonds. The molecule has 0 aromatic rings. The molecule has 0 aliphatic carbocycles. The van der Waals surface area contributed by atoms with Crippen LogP contribution >= 0.6 is 0 Å². The van der Waals surface area contributed by atoms with E-state index in [2.05, 4.69) is 25.7 Å². The minimum Gasteiger partial charge on any atom is -0.468 e. The zero-order valence-electron chi connectivity index (χ0n) is 13.2. The van der Waals surface area contributed by atoms with E-state index in [0.29, 0.717) is 0 Å². The molecule has 2 unspecified atom stereocenters. The zero-order chi connectivity index (χ0) is 14.3. The largest absolute Gasteiger partial charge is 0.468 e. The molecule has 112 valence electrons. The Bertz CT molecular complexity index is 265. The van der Waals surface area contributed by atoms with Crippen molar-refractivity contribution in [1.29, 1.82) is 0 Å². The fraction of sp³-hybridized carbons (Fsp3) is 0.938. The van der Waals surface area contributed by atoms with E-state index in [9.17, 15) is 4.79 Å². The van der Waals surface area contributed by atoms with E-state index in [1.807, 2.05) is 0 Å². The highest BCUT2D eigenvalue weighted by atomic mass is 16.5. The van der Waals surface area contributed by atoms with Crippen LogP contribution < -0.4 is 0 Å². The number of methoxy groups -OCH3 is 1.